The molecule has 0 amide bonds. The van der Waals surface area contributed by atoms with E-state index in [1.165, 1.54) is 6.92 Å². The van der Waals surface area contributed by atoms with Crippen molar-refractivity contribution in [3.63, 3.8) is 0 Å². The van der Waals surface area contributed by atoms with E-state index >= 15 is 0 Å². The number of hydrogen-bond donors (Lipinski definition) is 1. The quantitative estimate of drug-likeness (QED) is 0.823. The number of hydrogen-bond acceptors (Lipinski definition) is 3. The van der Waals surface area contributed by atoms with Gasteiger partial charge in [-0.05, 0) is 20.4 Å². The normalized spacial score (nSPS) is 14.8. The van der Waals surface area contributed by atoms with Crippen LogP contribution in [-0.4, -0.2) is 29.9 Å². The molecule has 0 saturated carbocycles. The first-order valence-electron chi connectivity index (χ1n) is 6.26. The highest BCUT2D eigenvalue weighted by Gasteiger charge is 2.60. The van der Waals surface area contributed by atoms with Gasteiger partial charge in [-0.1, -0.05) is 6.92 Å². The first-order valence-corrected chi connectivity index (χ1v) is 7.08. The molecule has 1 aromatic heterocycles. The Morgan fingerprint density at radius 3 is 1.95 bits per heavy atom. The Kier molecular flexibility index (Phi) is 5.65. The van der Waals surface area contributed by atoms with Crippen molar-refractivity contribution < 1.29 is 26.3 Å². The predicted molar refractivity (Wildman–Crippen MR) is 68.4 cm³/mol. The number of aryl methyl sites for hydroxylation is 2. The zero-order chi connectivity index (χ0) is 16.4. The predicted octanol–water partition coefficient (Wildman–Crippen LogP) is 4.02. The maximum absolute atomic E-state index is 12.8. The molecule has 2 nitrogen and oxygen atoms in total. The summed E-state index contributed by atoms with van der Waals surface area (Å²) < 4.78 is 76.8. The lowest BCUT2D eigenvalue weighted by atomic mass is 9.95. The molecule has 122 valence electrons. The summed E-state index contributed by atoms with van der Waals surface area (Å²) >= 11 is 1.12. The summed E-state index contributed by atoms with van der Waals surface area (Å²) in [6.45, 7) is 4.87. The molecule has 0 fully saturated rings. The Labute approximate surface area is 122 Å². The minimum absolute atomic E-state index is 0.0106. The lowest BCUT2D eigenvalue weighted by Crippen LogP contribution is -2.52. The van der Waals surface area contributed by atoms with Crippen LogP contribution in [0.4, 0.5) is 26.3 Å². The van der Waals surface area contributed by atoms with Gasteiger partial charge in [0.05, 0.1) is 10.7 Å². The van der Waals surface area contributed by atoms with Gasteiger partial charge in [0, 0.05) is 17.3 Å². The Morgan fingerprint density at radius 1 is 1.10 bits per heavy atom. The molecule has 1 unspecified atom stereocenters. The van der Waals surface area contributed by atoms with Gasteiger partial charge >= 0.3 is 12.4 Å². The number of nitrogens with zero attached hydrogens (tertiary/aromatic N) is 1. The van der Waals surface area contributed by atoms with Gasteiger partial charge in [-0.15, -0.1) is 11.3 Å². The maximum atomic E-state index is 12.8. The summed E-state index contributed by atoms with van der Waals surface area (Å²) in [7, 11) is 0. The highest BCUT2D eigenvalue weighted by atomic mass is 32.1. The van der Waals surface area contributed by atoms with Gasteiger partial charge in [-0.25, -0.2) is 4.98 Å². The zero-order valence-electron chi connectivity index (χ0n) is 11.7. The second-order valence-electron chi connectivity index (χ2n) is 4.68. The molecule has 1 N–H and O–H groups in total. The van der Waals surface area contributed by atoms with Crippen LogP contribution in [0.1, 0.15) is 22.5 Å². The van der Waals surface area contributed by atoms with Crippen LogP contribution in [0.25, 0.3) is 0 Å². The monoisotopic (exact) mass is 334 g/mol. The lowest BCUT2D eigenvalue weighted by Gasteiger charge is -2.30. The van der Waals surface area contributed by atoms with Crippen molar-refractivity contribution in [2.24, 2.45) is 5.92 Å². The van der Waals surface area contributed by atoms with Crippen LogP contribution in [0.3, 0.4) is 0 Å². The van der Waals surface area contributed by atoms with E-state index in [-0.39, 0.29) is 11.6 Å². The van der Waals surface area contributed by atoms with Crippen LogP contribution in [0.5, 0.6) is 0 Å². The summed E-state index contributed by atoms with van der Waals surface area (Å²) in [6.07, 6.45) is -11.1. The number of rotatable bonds is 5. The number of likely N-dealkylation sites (N-methyl/N-ethyl adjacent to an activating group) is 1. The summed E-state index contributed by atoms with van der Waals surface area (Å²) in [4.78, 5) is 4.81. The van der Waals surface area contributed by atoms with E-state index in [1.54, 1.807) is 13.8 Å². The number of thiazole rings is 1. The molecule has 9 heteroatoms. The fourth-order valence-corrected chi connectivity index (χ4v) is 3.02. The molecular formula is C12H16F6N2S. The van der Waals surface area contributed by atoms with E-state index in [2.05, 4.69) is 10.3 Å². The summed E-state index contributed by atoms with van der Waals surface area (Å²) in [6, 6.07) is -1.78. The largest absolute Gasteiger partial charge is 0.402 e. The topological polar surface area (TPSA) is 24.9 Å². The number of alkyl halides is 6. The van der Waals surface area contributed by atoms with E-state index in [1.807, 2.05) is 0 Å². The molecule has 0 aliphatic carbocycles. The van der Waals surface area contributed by atoms with Crippen LogP contribution in [0.15, 0.2) is 0 Å². The van der Waals surface area contributed by atoms with Gasteiger partial charge in [-0.2, -0.15) is 26.3 Å². The van der Waals surface area contributed by atoms with E-state index in [0.717, 1.165) is 16.2 Å². The van der Waals surface area contributed by atoms with Crippen molar-refractivity contribution in [3.8, 4) is 0 Å². The first-order chi connectivity index (χ1) is 9.46. The van der Waals surface area contributed by atoms with Crippen LogP contribution in [0, 0.1) is 19.8 Å². The average molecular weight is 334 g/mol. The Morgan fingerprint density at radius 2 is 1.62 bits per heavy atom. The molecule has 0 saturated heterocycles. The minimum Gasteiger partial charge on any atom is -0.313 e. The van der Waals surface area contributed by atoms with E-state index in [0.29, 0.717) is 5.69 Å². The zero-order valence-corrected chi connectivity index (χ0v) is 12.5. The van der Waals surface area contributed by atoms with E-state index in [9.17, 15) is 26.3 Å². The first kappa shape index (κ1) is 18.2. The van der Waals surface area contributed by atoms with Crippen molar-refractivity contribution in [3.05, 3.63) is 15.6 Å². The molecule has 0 aliphatic heterocycles. The summed E-state index contributed by atoms with van der Waals surface area (Å²) in [5.74, 6) is -3.41. The van der Waals surface area contributed by atoms with Crippen LogP contribution >= 0.6 is 11.3 Å². The van der Waals surface area contributed by atoms with Gasteiger partial charge in [0.15, 0.2) is 5.92 Å². The SMILES string of the molecule is CCNC(Cc1nc(C)c(C)s1)C(C(F)(F)F)C(F)(F)F. The van der Waals surface area contributed by atoms with E-state index < -0.39 is 30.7 Å². The molecule has 0 aliphatic rings. The molecule has 1 aromatic rings. The van der Waals surface area contributed by atoms with Crippen LogP contribution < -0.4 is 5.32 Å². The molecule has 1 rings (SSSR count). The number of halogens is 6. The molecule has 1 atom stereocenters. The molecule has 0 aromatic carbocycles. The Bertz CT molecular complexity index is 432. The number of nitrogens with one attached hydrogen (secondary N) is 1. The second kappa shape index (κ2) is 6.51. The third kappa shape index (κ3) is 4.84. The minimum atomic E-state index is -5.35. The highest BCUT2D eigenvalue weighted by Crippen LogP contribution is 2.42. The van der Waals surface area contributed by atoms with Gasteiger partial charge in [0.25, 0.3) is 0 Å². The van der Waals surface area contributed by atoms with Gasteiger partial charge in [0.1, 0.15) is 0 Å². The fourth-order valence-electron chi connectivity index (χ4n) is 2.03. The van der Waals surface area contributed by atoms with Gasteiger partial charge < -0.3 is 5.32 Å². The molecular weight excluding hydrogens is 318 g/mol. The van der Waals surface area contributed by atoms with Gasteiger partial charge in [0.2, 0.25) is 0 Å². The standard InChI is InChI=1S/C12H16F6N2S/c1-4-19-8(5-9-20-6(2)7(3)21-9)10(11(13,14)15)12(16,17)18/h8,10,19H,4-5H2,1-3H3. The third-order valence-electron chi connectivity index (χ3n) is 3.04. The number of aromatic nitrogens is 1. The Hall–Kier alpha value is -0.830. The molecule has 1 heterocycles. The van der Waals surface area contributed by atoms with Crippen molar-refractivity contribution >= 4 is 11.3 Å². The average Bonchev–Trinajstić information content (AvgIpc) is 2.53. The highest BCUT2D eigenvalue weighted by molar-refractivity contribution is 7.11. The van der Waals surface area contributed by atoms with Crippen molar-refractivity contribution in [1.82, 2.24) is 10.3 Å². The van der Waals surface area contributed by atoms with Crippen molar-refractivity contribution in [2.75, 3.05) is 6.54 Å². The molecule has 0 spiro atoms. The molecule has 21 heavy (non-hydrogen) atoms. The van der Waals surface area contributed by atoms with Gasteiger partial charge in [-0.3, -0.25) is 0 Å². The smallest absolute Gasteiger partial charge is 0.313 e. The second-order valence-corrected chi connectivity index (χ2v) is 5.97. The third-order valence-corrected chi connectivity index (χ3v) is 4.14. The van der Waals surface area contributed by atoms with E-state index in [4.69, 9.17) is 0 Å². The fraction of sp³-hybridized carbons (Fsp3) is 0.750. The molecule has 0 bridgehead atoms. The van der Waals surface area contributed by atoms with Crippen molar-refractivity contribution in [1.29, 1.82) is 0 Å². The lowest BCUT2D eigenvalue weighted by molar-refractivity contribution is -0.291. The van der Waals surface area contributed by atoms with Crippen LogP contribution in [-0.2, 0) is 6.42 Å². The maximum Gasteiger partial charge on any atom is 0.402 e. The Balaban J connectivity index is 3.07. The van der Waals surface area contributed by atoms with Crippen LogP contribution in [0.2, 0.25) is 0 Å². The van der Waals surface area contributed by atoms with Crippen molar-refractivity contribution in [2.45, 2.75) is 45.6 Å². The molecule has 0 radical (unpaired) electrons. The summed E-state index contributed by atoms with van der Waals surface area (Å²) in [5, 5.41) is 2.57. The summed E-state index contributed by atoms with van der Waals surface area (Å²) in [5.41, 5.74) is 0.626.